The normalized spacial score (nSPS) is 10.8. The maximum Gasteiger partial charge on any atom is 0.272 e. The first-order valence-corrected chi connectivity index (χ1v) is 9.08. The van der Waals surface area contributed by atoms with Gasteiger partial charge in [-0.25, -0.2) is 0 Å². The van der Waals surface area contributed by atoms with Gasteiger partial charge in [0.15, 0.2) is 0 Å². The van der Waals surface area contributed by atoms with E-state index in [0.29, 0.717) is 34.3 Å². The van der Waals surface area contributed by atoms with Crippen molar-refractivity contribution >= 4 is 29.1 Å². The zero-order chi connectivity index (χ0) is 20.4. The Hall–Kier alpha value is -3.06. The molecular formula is C20H21ClN4O3. The van der Waals surface area contributed by atoms with E-state index in [1.54, 1.807) is 49.0 Å². The average molecular weight is 401 g/mol. The number of aryl methyl sites for hydroxylation is 4. The minimum atomic E-state index is -0.300. The highest BCUT2D eigenvalue weighted by Crippen LogP contribution is 2.20. The van der Waals surface area contributed by atoms with Crippen molar-refractivity contribution in [3.8, 4) is 0 Å². The number of carbonyl (C=O) groups excluding carboxylic acids is 2. The molecule has 8 heteroatoms. The molecule has 0 bridgehead atoms. The third kappa shape index (κ3) is 4.09. The van der Waals surface area contributed by atoms with Crippen LogP contribution in [0.2, 0.25) is 5.02 Å². The molecule has 0 saturated heterocycles. The van der Waals surface area contributed by atoms with Crippen molar-refractivity contribution in [1.29, 1.82) is 0 Å². The minimum absolute atomic E-state index is 0.252. The number of rotatable bonds is 5. The first-order chi connectivity index (χ1) is 13.3. The molecule has 1 aromatic carbocycles. The van der Waals surface area contributed by atoms with Crippen LogP contribution in [0.4, 0.5) is 5.69 Å². The van der Waals surface area contributed by atoms with Crippen LogP contribution in [0.15, 0.2) is 35.0 Å². The summed E-state index contributed by atoms with van der Waals surface area (Å²) in [5, 5.41) is 10.1. The van der Waals surface area contributed by atoms with Crippen LogP contribution >= 0.6 is 11.6 Å². The predicted octanol–water partition coefficient (Wildman–Crippen LogP) is 3.77. The number of carbonyl (C=O) groups is 2. The van der Waals surface area contributed by atoms with E-state index >= 15 is 0 Å². The quantitative estimate of drug-likeness (QED) is 0.682. The van der Waals surface area contributed by atoms with E-state index in [0.717, 1.165) is 16.8 Å². The maximum absolute atomic E-state index is 12.5. The molecular weight excluding hydrogens is 380 g/mol. The van der Waals surface area contributed by atoms with Crippen LogP contribution in [0, 0.1) is 20.8 Å². The molecule has 0 saturated carbocycles. The van der Waals surface area contributed by atoms with Gasteiger partial charge < -0.3 is 19.7 Å². The number of hydrogen-bond donors (Lipinski definition) is 2. The molecule has 3 rings (SSSR count). The Balaban J connectivity index is 1.74. The van der Waals surface area contributed by atoms with E-state index in [9.17, 15) is 9.59 Å². The maximum atomic E-state index is 12.5. The van der Waals surface area contributed by atoms with Crippen LogP contribution < -0.4 is 10.6 Å². The van der Waals surface area contributed by atoms with Gasteiger partial charge in [-0.05, 0) is 44.5 Å². The number of amides is 2. The van der Waals surface area contributed by atoms with Gasteiger partial charge in [0.2, 0.25) is 0 Å². The van der Waals surface area contributed by atoms with Gasteiger partial charge in [-0.15, -0.1) is 0 Å². The largest absolute Gasteiger partial charge is 0.361 e. The zero-order valence-electron chi connectivity index (χ0n) is 16.1. The highest BCUT2D eigenvalue weighted by Gasteiger charge is 2.15. The topological polar surface area (TPSA) is 89.2 Å². The molecule has 0 radical (unpaired) electrons. The summed E-state index contributed by atoms with van der Waals surface area (Å²) in [6, 6.07) is 6.75. The molecule has 0 fully saturated rings. The first-order valence-electron chi connectivity index (χ1n) is 8.70. The number of nitrogens with zero attached hydrogens (tertiary/aromatic N) is 2. The van der Waals surface area contributed by atoms with Gasteiger partial charge in [0.1, 0.15) is 11.5 Å². The fraction of sp³-hybridized carbons (Fsp3) is 0.250. The Labute approximate surface area is 167 Å². The van der Waals surface area contributed by atoms with Crippen molar-refractivity contribution < 1.29 is 14.1 Å². The standard InChI is InChI=1S/C20H21ClN4O3/c1-11-5-6-14(19(26)22-9-16-12(2)24-28-13(16)3)7-17(11)23-20(27)18-8-15(21)10-25(18)4/h5-8,10H,9H2,1-4H3,(H,22,26)(H,23,27). The van der Waals surface area contributed by atoms with Crippen molar-refractivity contribution in [2.45, 2.75) is 27.3 Å². The van der Waals surface area contributed by atoms with Crippen molar-refractivity contribution in [3.05, 3.63) is 69.3 Å². The average Bonchev–Trinajstić information content (AvgIpc) is 3.15. The van der Waals surface area contributed by atoms with E-state index in [1.807, 2.05) is 13.8 Å². The highest BCUT2D eigenvalue weighted by molar-refractivity contribution is 6.31. The van der Waals surface area contributed by atoms with Crippen molar-refractivity contribution in [3.63, 3.8) is 0 Å². The molecule has 0 aliphatic heterocycles. The smallest absolute Gasteiger partial charge is 0.272 e. The summed E-state index contributed by atoms with van der Waals surface area (Å²) in [7, 11) is 1.74. The molecule has 0 aliphatic carbocycles. The van der Waals surface area contributed by atoms with Gasteiger partial charge in [0, 0.05) is 36.6 Å². The molecule has 7 nitrogen and oxygen atoms in total. The third-order valence-electron chi connectivity index (χ3n) is 4.56. The molecule has 28 heavy (non-hydrogen) atoms. The third-order valence-corrected chi connectivity index (χ3v) is 4.77. The monoisotopic (exact) mass is 400 g/mol. The lowest BCUT2D eigenvalue weighted by atomic mass is 10.1. The molecule has 0 aliphatic rings. The summed E-state index contributed by atoms with van der Waals surface area (Å²) >= 11 is 5.95. The summed E-state index contributed by atoms with van der Waals surface area (Å²) < 4.78 is 6.75. The molecule has 2 amide bonds. The lowest BCUT2D eigenvalue weighted by Crippen LogP contribution is -2.24. The van der Waals surface area contributed by atoms with Crippen LogP contribution in [0.5, 0.6) is 0 Å². The summed E-state index contributed by atoms with van der Waals surface area (Å²) in [5.41, 5.74) is 3.88. The second-order valence-electron chi connectivity index (χ2n) is 6.62. The van der Waals surface area contributed by atoms with Crippen LogP contribution in [0.25, 0.3) is 0 Å². The Morgan fingerprint density at radius 2 is 1.93 bits per heavy atom. The lowest BCUT2D eigenvalue weighted by Gasteiger charge is -2.11. The minimum Gasteiger partial charge on any atom is -0.361 e. The number of hydrogen-bond acceptors (Lipinski definition) is 4. The Morgan fingerprint density at radius 1 is 1.18 bits per heavy atom. The first kappa shape index (κ1) is 19.7. The fourth-order valence-electron chi connectivity index (χ4n) is 2.86. The Kier molecular flexibility index (Phi) is 5.56. The predicted molar refractivity (Wildman–Crippen MR) is 107 cm³/mol. The van der Waals surface area contributed by atoms with E-state index in [1.165, 1.54) is 0 Å². The number of anilines is 1. The van der Waals surface area contributed by atoms with E-state index in [2.05, 4.69) is 15.8 Å². The van der Waals surface area contributed by atoms with E-state index < -0.39 is 0 Å². The Morgan fingerprint density at radius 3 is 2.54 bits per heavy atom. The summed E-state index contributed by atoms with van der Waals surface area (Å²) in [6.45, 7) is 5.81. The van der Waals surface area contributed by atoms with E-state index in [-0.39, 0.29) is 11.8 Å². The molecule has 0 atom stereocenters. The van der Waals surface area contributed by atoms with Gasteiger partial charge in [-0.3, -0.25) is 9.59 Å². The lowest BCUT2D eigenvalue weighted by molar-refractivity contribution is 0.0949. The second-order valence-corrected chi connectivity index (χ2v) is 7.06. The van der Waals surface area contributed by atoms with Gasteiger partial charge in [-0.1, -0.05) is 22.8 Å². The fourth-order valence-corrected chi connectivity index (χ4v) is 3.11. The molecule has 146 valence electrons. The van der Waals surface area contributed by atoms with Crippen LogP contribution in [0.1, 0.15) is 43.4 Å². The SMILES string of the molecule is Cc1ccc(C(=O)NCc2c(C)noc2C)cc1NC(=O)c1cc(Cl)cn1C. The van der Waals surface area contributed by atoms with Crippen LogP contribution in [-0.2, 0) is 13.6 Å². The number of aromatic nitrogens is 2. The zero-order valence-corrected chi connectivity index (χ0v) is 16.8. The van der Waals surface area contributed by atoms with Gasteiger partial charge in [0.25, 0.3) is 11.8 Å². The molecule has 0 spiro atoms. The van der Waals surface area contributed by atoms with Crippen molar-refractivity contribution in [2.24, 2.45) is 7.05 Å². The summed E-state index contributed by atoms with van der Waals surface area (Å²) in [6.07, 6.45) is 1.65. The number of nitrogens with one attached hydrogen (secondary N) is 2. The number of benzene rings is 1. The van der Waals surface area contributed by atoms with Gasteiger partial charge in [0.05, 0.1) is 10.7 Å². The van der Waals surface area contributed by atoms with Gasteiger partial charge in [-0.2, -0.15) is 0 Å². The van der Waals surface area contributed by atoms with Gasteiger partial charge >= 0.3 is 0 Å². The van der Waals surface area contributed by atoms with Crippen LogP contribution in [0.3, 0.4) is 0 Å². The Bertz CT molecular complexity index is 1030. The molecule has 3 aromatic rings. The second kappa shape index (κ2) is 7.90. The summed E-state index contributed by atoms with van der Waals surface area (Å²) in [4.78, 5) is 25.1. The molecule has 2 aromatic heterocycles. The molecule has 2 N–H and O–H groups in total. The van der Waals surface area contributed by atoms with Crippen LogP contribution in [-0.4, -0.2) is 21.5 Å². The molecule has 2 heterocycles. The highest BCUT2D eigenvalue weighted by atomic mass is 35.5. The van der Waals surface area contributed by atoms with Crippen molar-refractivity contribution in [2.75, 3.05) is 5.32 Å². The van der Waals surface area contributed by atoms with E-state index in [4.69, 9.17) is 16.1 Å². The summed E-state index contributed by atoms with van der Waals surface area (Å²) in [5.74, 6) is 0.124. The molecule has 0 unspecified atom stereocenters. The number of halogens is 1. The van der Waals surface area contributed by atoms with Crippen molar-refractivity contribution in [1.82, 2.24) is 15.0 Å².